The second-order valence-corrected chi connectivity index (χ2v) is 3.70. The topological polar surface area (TPSA) is 51.2 Å². The summed E-state index contributed by atoms with van der Waals surface area (Å²) in [6.45, 7) is 4.11. The fraction of sp³-hybridized carbons (Fsp3) is 0.500. The maximum absolute atomic E-state index is 11.0. The number of hydrogen-bond donors (Lipinski definition) is 1. The molecule has 0 aliphatic rings. The van der Waals surface area contributed by atoms with E-state index in [-0.39, 0.29) is 12.2 Å². The van der Waals surface area contributed by atoms with Crippen LogP contribution in [0.5, 0.6) is 0 Å². The molecule has 1 aromatic rings. The number of alkyl carbamates (subject to hydrolysis) is 1. The Morgan fingerprint density at radius 2 is 2.54 bits per heavy atom. The first-order chi connectivity index (χ1) is 6.18. The van der Waals surface area contributed by atoms with Crippen LogP contribution in [0.2, 0.25) is 0 Å². The summed E-state index contributed by atoms with van der Waals surface area (Å²) < 4.78 is 8.79. The molecule has 0 radical (unpaired) electrons. The van der Waals surface area contributed by atoms with E-state index in [0.717, 1.165) is 4.88 Å². The Labute approximate surface area is 81.1 Å². The molecule has 0 bridgehead atoms. The van der Waals surface area contributed by atoms with E-state index in [9.17, 15) is 4.79 Å². The van der Waals surface area contributed by atoms with Crippen molar-refractivity contribution in [3.63, 3.8) is 0 Å². The number of rotatable bonds is 3. The van der Waals surface area contributed by atoms with Crippen molar-refractivity contribution in [1.29, 1.82) is 0 Å². The van der Waals surface area contributed by atoms with Gasteiger partial charge < -0.3 is 10.1 Å². The van der Waals surface area contributed by atoms with E-state index < -0.39 is 0 Å². The maximum Gasteiger partial charge on any atom is 0.407 e. The molecule has 4 nitrogen and oxygen atoms in total. The molecular formula is C8H12N2O2S. The summed E-state index contributed by atoms with van der Waals surface area (Å²) in [6.07, 6.45) is 1.24. The Balaban J connectivity index is 2.23. The first-order valence-corrected chi connectivity index (χ1v) is 4.80. The van der Waals surface area contributed by atoms with Crippen molar-refractivity contribution < 1.29 is 9.53 Å². The van der Waals surface area contributed by atoms with Gasteiger partial charge in [0.2, 0.25) is 0 Å². The lowest BCUT2D eigenvalue weighted by molar-refractivity contribution is 0.115. The molecule has 5 heteroatoms. The molecule has 1 aromatic heterocycles. The Kier molecular flexibility index (Phi) is 3.70. The molecule has 0 fully saturated rings. The number of hydrogen-bond acceptors (Lipinski definition) is 4. The van der Waals surface area contributed by atoms with Gasteiger partial charge in [-0.1, -0.05) is 0 Å². The van der Waals surface area contributed by atoms with Gasteiger partial charge in [-0.15, -0.1) is 0 Å². The smallest absolute Gasteiger partial charge is 0.407 e. The number of carbonyl (C=O) groups excluding carboxylic acids is 1. The third-order valence-electron chi connectivity index (χ3n) is 1.24. The lowest BCUT2D eigenvalue weighted by atomic mass is 10.5. The highest BCUT2D eigenvalue weighted by Gasteiger charge is 2.04. The van der Waals surface area contributed by atoms with Gasteiger partial charge in [-0.25, -0.2) is 9.17 Å². The normalized spacial score (nSPS) is 10.1. The molecule has 0 spiro atoms. The molecule has 0 aliphatic carbocycles. The van der Waals surface area contributed by atoms with Crippen LogP contribution in [-0.2, 0) is 11.3 Å². The number of ether oxygens (including phenoxy) is 1. The molecule has 1 N–H and O–H groups in total. The monoisotopic (exact) mass is 200 g/mol. The number of nitrogens with one attached hydrogen (secondary N) is 1. The minimum absolute atomic E-state index is 0.0820. The molecule has 1 amide bonds. The van der Waals surface area contributed by atoms with Gasteiger partial charge in [0.25, 0.3) is 0 Å². The quantitative estimate of drug-likeness (QED) is 0.809. The molecule has 72 valence electrons. The Hall–Kier alpha value is -1.10. The van der Waals surface area contributed by atoms with E-state index in [4.69, 9.17) is 4.74 Å². The van der Waals surface area contributed by atoms with Crippen LogP contribution in [0.4, 0.5) is 4.79 Å². The van der Waals surface area contributed by atoms with Crippen LogP contribution in [0.3, 0.4) is 0 Å². The summed E-state index contributed by atoms with van der Waals surface area (Å²) in [7, 11) is 0. The molecular weight excluding hydrogens is 188 g/mol. The summed E-state index contributed by atoms with van der Waals surface area (Å²) in [5.41, 5.74) is 0. The molecule has 0 aliphatic heterocycles. The average molecular weight is 200 g/mol. The second kappa shape index (κ2) is 4.81. The van der Waals surface area contributed by atoms with Crippen molar-refractivity contribution in [2.24, 2.45) is 0 Å². The van der Waals surface area contributed by atoms with Crippen molar-refractivity contribution in [2.45, 2.75) is 26.5 Å². The van der Waals surface area contributed by atoms with Gasteiger partial charge in [0.1, 0.15) is 0 Å². The number of amides is 1. The first-order valence-electron chi connectivity index (χ1n) is 4.02. The van der Waals surface area contributed by atoms with Crippen LogP contribution in [-0.4, -0.2) is 16.6 Å². The van der Waals surface area contributed by atoms with E-state index in [1.807, 2.05) is 19.9 Å². The molecule has 0 atom stereocenters. The molecule has 1 rings (SSSR count). The van der Waals surface area contributed by atoms with E-state index >= 15 is 0 Å². The highest BCUT2D eigenvalue weighted by atomic mass is 32.1. The summed E-state index contributed by atoms with van der Waals surface area (Å²) >= 11 is 1.36. The zero-order chi connectivity index (χ0) is 9.68. The van der Waals surface area contributed by atoms with Gasteiger partial charge in [0, 0.05) is 11.1 Å². The maximum atomic E-state index is 11.0. The van der Waals surface area contributed by atoms with Crippen LogP contribution in [0.15, 0.2) is 12.3 Å². The van der Waals surface area contributed by atoms with Gasteiger partial charge in [-0.3, -0.25) is 0 Å². The number of carbonyl (C=O) groups is 1. The SMILES string of the molecule is CC(C)OC(=O)NCc1ccns1. The minimum atomic E-state index is -0.386. The van der Waals surface area contributed by atoms with Gasteiger partial charge in [0.15, 0.2) is 0 Å². The highest BCUT2D eigenvalue weighted by molar-refractivity contribution is 7.05. The van der Waals surface area contributed by atoms with Crippen molar-refractivity contribution in [3.8, 4) is 0 Å². The van der Waals surface area contributed by atoms with E-state index in [1.165, 1.54) is 11.5 Å². The van der Waals surface area contributed by atoms with Gasteiger partial charge in [0.05, 0.1) is 12.6 Å². The largest absolute Gasteiger partial charge is 0.447 e. The Bertz CT molecular complexity index is 259. The summed E-state index contributed by atoms with van der Waals surface area (Å²) in [6, 6.07) is 1.86. The summed E-state index contributed by atoms with van der Waals surface area (Å²) in [5.74, 6) is 0. The number of aromatic nitrogens is 1. The fourth-order valence-electron chi connectivity index (χ4n) is 0.748. The highest BCUT2D eigenvalue weighted by Crippen LogP contribution is 2.03. The summed E-state index contributed by atoms with van der Waals surface area (Å²) in [5, 5.41) is 2.63. The molecule has 0 saturated heterocycles. The predicted octanol–water partition coefficient (Wildman–Crippen LogP) is 1.78. The van der Waals surface area contributed by atoms with Crippen LogP contribution in [0.1, 0.15) is 18.7 Å². The molecule has 13 heavy (non-hydrogen) atoms. The van der Waals surface area contributed by atoms with Crippen molar-refractivity contribution in [2.75, 3.05) is 0 Å². The zero-order valence-corrected chi connectivity index (χ0v) is 8.43. The summed E-state index contributed by atoms with van der Waals surface area (Å²) in [4.78, 5) is 12.0. The van der Waals surface area contributed by atoms with Gasteiger partial charge >= 0.3 is 6.09 Å². The molecule has 0 aromatic carbocycles. The first kappa shape index (κ1) is 9.98. The molecule has 0 unspecified atom stereocenters. The van der Waals surface area contributed by atoms with Crippen molar-refractivity contribution in [3.05, 3.63) is 17.1 Å². The average Bonchev–Trinajstić information content (AvgIpc) is 2.51. The van der Waals surface area contributed by atoms with Gasteiger partial charge in [-0.2, -0.15) is 0 Å². The Morgan fingerprint density at radius 1 is 1.77 bits per heavy atom. The minimum Gasteiger partial charge on any atom is -0.447 e. The second-order valence-electron chi connectivity index (χ2n) is 2.79. The Morgan fingerprint density at radius 3 is 3.08 bits per heavy atom. The lowest BCUT2D eigenvalue weighted by Crippen LogP contribution is -2.25. The predicted molar refractivity (Wildman–Crippen MR) is 50.6 cm³/mol. The van der Waals surface area contributed by atoms with Crippen LogP contribution >= 0.6 is 11.5 Å². The van der Waals surface area contributed by atoms with Crippen LogP contribution < -0.4 is 5.32 Å². The number of nitrogens with zero attached hydrogens (tertiary/aromatic N) is 1. The van der Waals surface area contributed by atoms with Crippen LogP contribution in [0.25, 0.3) is 0 Å². The molecule has 0 saturated carbocycles. The third-order valence-corrected chi connectivity index (χ3v) is 1.98. The zero-order valence-electron chi connectivity index (χ0n) is 7.61. The van der Waals surface area contributed by atoms with E-state index in [2.05, 4.69) is 9.69 Å². The van der Waals surface area contributed by atoms with E-state index in [0.29, 0.717) is 6.54 Å². The van der Waals surface area contributed by atoms with Gasteiger partial charge in [-0.05, 0) is 31.4 Å². The molecule has 1 heterocycles. The van der Waals surface area contributed by atoms with E-state index in [1.54, 1.807) is 6.20 Å². The van der Waals surface area contributed by atoms with Crippen LogP contribution in [0, 0.1) is 0 Å². The van der Waals surface area contributed by atoms with Crippen molar-refractivity contribution in [1.82, 2.24) is 9.69 Å². The standard InChI is InChI=1S/C8H12N2O2S/c1-6(2)12-8(11)9-5-7-3-4-10-13-7/h3-4,6H,5H2,1-2H3,(H,9,11). The van der Waals surface area contributed by atoms with Crippen molar-refractivity contribution >= 4 is 17.6 Å². The third kappa shape index (κ3) is 3.89. The lowest BCUT2D eigenvalue weighted by Gasteiger charge is -2.07. The fourth-order valence-corrected chi connectivity index (χ4v) is 1.26.